The Morgan fingerprint density at radius 2 is 2.12 bits per heavy atom. The Balaban J connectivity index is 2.20. The first kappa shape index (κ1) is 11.1. The number of hydrogen-bond donors (Lipinski definition) is 2. The van der Waals surface area contributed by atoms with Gasteiger partial charge in [0.25, 0.3) is 5.91 Å². The lowest BCUT2D eigenvalue weighted by Crippen LogP contribution is -2.13. The maximum absolute atomic E-state index is 11.8. The highest BCUT2D eigenvalue weighted by Crippen LogP contribution is 2.14. The van der Waals surface area contributed by atoms with Gasteiger partial charge in [-0.3, -0.25) is 14.8 Å². The molecule has 2 N–H and O–H groups in total. The average molecular weight is 229 g/mol. The maximum Gasteiger partial charge on any atom is 0.257 e. The van der Waals surface area contributed by atoms with Crippen molar-refractivity contribution in [1.29, 1.82) is 0 Å². The number of aryl methyl sites for hydroxylation is 1. The molecule has 2 aromatic rings. The van der Waals surface area contributed by atoms with Crippen molar-refractivity contribution in [3.05, 3.63) is 48.0 Å². The van der Waals surface area contributed by atoms with E-state index in [9.17, 15) is 9.90 Å². The molecule has 0 aliphatic carbocycles. The first-order valence-corrected chi connectivity index (χ1v) is 5.03. The summed E-state index contributed by atoms with van der Waals surface area (Å²) in [6, 6.07) is 3.07. The molecule has 0 bridgehead atoms. The predicted molar refractivity (Wildman–Crippen MR) is 62.8 cm³/mol. The van der Waals surface area contributed by atoms with Crippen LogP contribution in [0.4, 0.5) is 5.69 Å². The van der Waals surface area contributed by atoms with Gasteiger partial charge in [0.05, 0.1) is 11.8 Å². The van der Waals surface area contributed by atoms with E-state index in [1.54, 1.807) is 18.5 Å². The quantitative estimate of drug-likeness (QED) is 0.822. The third-order valence-corrected chi connectivity index (χ3v) is 2.25. The normalized spacial score (nSPS) is 9.94. The molecular formula is C12H11N3O2. The molecule has 5 nitrogen and oxygen atoms in total. The third kappa shape index (κ3) is 2.57. The minimum atomic E-state index is -0.317. The fraction of sp³-hybridized carbons (Fsp3) is 0.0833. The number of rotatable bonds is 2. The Bertz CT molecular complexity index is 555. The third-order valence-electron chi connectivity index (χ3n) is 2.25. The van der Waals surface area contributed by atoms with Crippen LogP contribution in [0.5, 0.6) is 5.75 Å². The molecular weight excluding hydrogens is 218 g/mol. The Morgan fingerprint density at radius 1 is 1.29 bits per heavy atom. The van der Waals surface area contributed by atoms with Crippen molar-refractivity contribution in [3.8, 4) is 5.75 Å². The summed E-state index contributed by atoms with van der Waals surface area (Å²) in [6.07, 6.45) is 5.93. The van der Waals surface area contributed by atoms with Crippen molar-refractivity contribution >= 4 is 11.6 Å². The monoisotopic (exact) mass is 229 g/mol. The Hall–Kier alpha value is -2.43. The molecule has 2 aromatic heterocycles. The van der Waals surface area contributed by atoms with Crippen LogP contribution in [-0.2, 0) is 0 Å². The number of pyridine rings is 2. The Morgan fingerprint density at radius 3 is 2.82 bits per heavy atom. The lowest BCUT2D eigenvalue weighted by Gasteiger charge is -2.07. The van der Waals surface area contributed by atoms with Crippen LogP contribution < -0.4 is 5.32 Å². The van der Waals surface area contributed by atoms with Gasteiger partial charge in [-0.1, -0.05) is 0 Å². The molecule has 0 aliphatic heterocycles. The van der Waals surface area contributed by atoms with Gasteiger partial charge in [-0.2, -0.15) is 0 Å². The summed E-state index contributed by atoms with van der Waals surface area (Å²) in [6.45, 7) is 1.85. The average Bonchev–Trinajstić information content (AvgIpc) is 2.32. The molecule has 0 aliphatic rings. The zero-order chi connectivity index (χ0) is 12.3. The summed E-state index contributed by atoms with van der Waals surface area (Å²) in [5, 5.41) is 12.0. The highest BCUT2D eigenvalue weighted by atomic mass is 16.3. The molecule has 2 heterocycles. The number of anilines is 1. The van der Waals surface area contributed by atoms with Crippen LogP contribution in [0.25, 0.3) is 0 Å². The number of nitrogens with one attached hydrogen (secondary N) is 1. The van der Waals surface area contributed by atoms with Gasteiger partial charge in [0.1, 0.15) is 5.75 Å². The van der Waals surface area contributed by atoms with E-state index in [-0.39, 0.29) is 11.7 Å². The topological polar surface area (TPSA) is 75.1 Å². The zero-order valence-corrected chi connectivity index (χ0v) is 9.21. The van der Waals surface area contributed by atoms with Crippen LogP contribution in [0.15, 0.2) is 36.9 Å². The number of aromatic hydroxyl groups is 1. The second-order valence-corrected chi connectivity index (χ2v) is 3.58. The Kier molecular flexibility index (Phi) is 3.00. The van der Waals surface area contributed by atoms with Gasteiger partial charge >= 0.3 is 0 Å². The molecule has 86 valence electrons. The van der Waals surface area contributed by atoms with E-state index in [1.807, 2.05) is 6.92 Å². The Labute approximate surface area is 98.2 Å². The first-order valence-electron chi connectivity index (χ1n) is 5.03. The minimum absolute atomic E-state index is 0.0379. The molecule has 0 saturated heterocycles. The molecule has 0 aromatic carbocycles. The van der Waals surface area contributed by atoms with Crippen LogP contribution in [-0.4, -0.2) is 21.0 Å². The summed E-state index contributed by atoms with van der Waals surface area (Å²) >= 11 is 0. The highest BCUT2D eigenvalue weighted by Gasteiger charge is 2.08. The molecule has 0 fully saturated rings. The standard InChI is InChI=1S/C12H11N3O2/c1-8-5-13-3-2-11(8)15-12(17)9-4-10(16)7-14-6-9/h2-7,16H,1H3,(H,13,15,17). The van der Waals surface area contributed by atoms with Gasteiger partial charge in [0.15, 0.2) is 0 Å². The number of nitrogens with zero attached hydrogens (tertiary/aromatic N) is 2. The van der Waals surface area contributed by atoms with Gasteiger partial charge < -0.3 is 10.4 Å². The SMILES string of the molecule is Cc1cnccc1NC(=O)c1cncc(O)c1. The predicted octanol–water partition coefficient (Wildman–Crippen LogP) is 1.74. The molecule has 1 amide bonds. The summed E-state index contributed by atoms with van der Waals surface area (Å²) in [5.74, 6) is -0.355. The van der Waals surface area contributed by atoms with Crippen molar-refractivity contribution in [2.24, 2.45) is 0 Å². The van der Waals surface area contributed by atoms with Gasteiger partial charge in [-0.05, 0) is 24.6 Å². The smallest absolute Gasteiger partial charge is 0.257 e. The van der Waals surface area contributed by atoms with Crippen molar-refractivity contribution in [1.82, 2.24) is 9.97 Å². The largest absolute Gasteiger partial charge is 0.506 e. The molecule has 0 radical (unpaired) electrons. The van der Waals surface area contributed by atoms with Crippen molar-refractivity contribution < 1.29 is 9.90 Å². The molecule has 0 saturated carbocycles. The van der Waals surface area contributed by atoms with Crippen molar-refractivity contribution in [2.75, 3.05) is 5.32 Å². The zero-order valence-electron chi connectivity index (χ0n) is 9.21. The molecule has 2 rings (SSSR count). The van der Waals surface area contributed by atoms with E-state index in [0.717, 1.165) is 5.56 Å². The second kappa shape index (κ2) is 4.61. The van der Waals surface area contributed by atoms with E-state index >= 15 is 0 Å². The molecule has 0 unspecified atom stereocenters. The fourth-order valence-electron chi connectivity index (χ4n) is 1.36. The van der Waals surface area contributed by atoms with E-state index in [1.165, 1.54) is 18.5 Å². The van der Waals surface area contributed by atoms with E-state index in [4.69, 9.17) is 0 Å². The van der Waals surface area contributed by atoms with Crippen LogP contribution in [0.1, 0.15) is 15.9 Å². The van der Waals surface area contributed by atoms with E-state index in [0.29, 0.717) is 11.3 Å². The lowest BCUT2D eigenvalue weighted by atomic mass is 10.2. The summed E-state index contributed by atoms with van der Waals surface area (Å²) < 4.78 is 0. The van der Waals surface area contributed by atoms with E-state index in [2.05, 4.69) is 15.3 Å². The molecule has 0 atom stereocenters. The minimum Gasteiger partial charge on any atom is -0.506 e. The summed E-state index contributed by atoms with van der Waals surface area (Å²) in [7, 11) is 0. The molecule has 17 heavy (non-hydrogen) atoms. The number of aromatic nitrogens is 2. The summed E-state index contributed by atoms with van der Waals surface area (Å²) in [4.78, 5) is 19.5. The van der Waals surface area contributed by atoms with E-state index < -0.39 is 0 Å². The first-order chi connectivity index (χ1) is 8.16. The van der Waals surface area contributed by atoms with Crippen LogP contribution in [0.3, 0.4) is 0 Å². The van der Waals surface area contributed by atoms with Gasteiger partial charge in [-0.15, -0.1) is 0 Å². The number of carbonyl (C=O) groups is 1. The van der Waals surface area contributed by atoms with Gasteiger partial charge in [0, 0.05) is 24.3 Å². The van der Waals surface area contributed by atoms with Crippen molar-refractivity contribution in [3.63, 3.8) is 0 Å². The molecule has 0 spiro atoms. The van der Waals surface area contributed by atoms with Gasteiger partial charge in [0.2, 0.25) is 0 Å². The maximum atomic E-state index is 11.8. The van der Waals surface area contributed by atoms with Crippen LogP contribution in [0.2, 0.25) is 0 Å². The number of amides is 1. The number of hydrogen-bond acceptors (Lipinski definition) is 4. The second-order valence-electron chi connectivity index (χ2n) is 3.58. The molecule has 5 heteroatoms. The highest BCUT2D eigenvalue weighted by molar-refractivity contribution is 6.04. The van der Waals surface area contributed by atoms with Crippen LogP contribution in [0, 0.1) is 6.92 Å². The lowest BCUT2D eigenvalue weighted by molar-refractivity contribution is 0.102. The fourth-order valence-corrected chi connectivity index (χ4v) is 1.36. The summed E-state index contributed by atoms with van der Waals surface area (Å²) in [5.41, 5.74) is 1.86. The van der Waals surface area contributed by atoms with Crippen LogP contribution >= 0.6 is 0 Å². The van der Waals surface area contributed by atoms with Crippen molar-refractivity contribution in [2.45, 2.75) is 6.92 Å². The number of carbonyl (C=O) groups excluding carboxylic acids is 1. The van der Waals surface area contributed by atoms with Gasteiger partial charge in [-0.25, -0.2) is 0 Å².